The number of nitrogens with one attached hydrogen (secondary N) is 1. The Hall–Kier alpha value is -4.40. The van der Waals surface area contributed by atoms with Crippen LogP contribution in [-0.4, -0.2) is 25.8 Å². The molecule has 0 bridgehead atoms. The summed E-state index contributed by atoms with van der Waals surface area (Å²) in [4.78, 5) is 17.9. The van der Waals surface area contributed by atoms with Gasteiger partial charge in [0, 0.05) is 24.7 Å². The lowest BCUT2D eigenvalue weighted by Crippen LogP contribution is -2.23. The summed E-state index contributed by atoms with van der Waals surface area (Å²) in [5, 5.41) is 11.8. The van der Waals surface area contributed by atoms with Crippen LogP contribution in [0.15, 0.2) is 65.2 Å². The SMILES string of the molecule is Cc1nn(C)c2nc(-c3ccccc3)cc(C(=O)NCc3cc(-c4ccc(F)cc4F)on3)c12. The number of carbonyl (C=O) groups excluding carboxylic acids is 1. The monoisotopic (exact) mass is 459 g/mol. The van der Waals surface area contributed by atoms with Crippen LogP contribution in [0.4, 0.5) is 8.78 Å². The highest BCUT2D eigenvalue weighted by Gasteiger charge is 2.20. The van der Waals surface area contributed by atoms with Crippen molar-refractivity contribution in [2.24, 2.45) is 7.05 Å². The van der Waals surface area contributed by atoms with E-state index < -0.39 is 11.6 Å². The molecule has 0 unspecified atom stereocenters. The Labute approximate surface area is 193 Å². The van der Waals surface area contributed by atoms with E-state index in [1.54, 1.807) is 17.8 Å². The van der Waals surface area contributed by atoms with E-state index in [1.165, 1.54) is 12.1 Å². The Morgan fingerprint density at radius 2 is 1.88 bits per heavy atom. The van der Waals surface area contributed by atoms with Crippen molar-refractivity contribution in [2.45, 2.75) is 13.5 Å². The van der Waals surface area contributed by atoms with E-state index in [9.17, 15) is 13.6 Å². The normalized spacial score (nSPS) is 11.2. The number of pyridine rings is 1. The Bertz CT molecular complexity index is 1530. The van der Waals surface area contributed by atoms with Gasteiger partial charge in [-0.2, -0.15) is 5.10 Å². The highest BCUT2D eigenvalue weighted by atomic mass is 19.1. The number of benzene rings is 2. The second-order valence-corrected chi connectivity index (χ2v) is 7.82. The quantitative estimate of drug-likeness (QED) is 0.408. The van der Waals surface area contributed by atoms with Crippen molar-refractivity contribution in [3.05, 3.63) is 89.2 Å². The number of aromatic nitrogens is 4. The van der Waals surface area contributed by atoms with E-state index in [4.69, 9.17) is 9.51 Å². The summed E-state index contributed by atoms with van der Waals surface area (Å²) in [5.41, 5.74) is 3.72. The molecule has 34 heavy (non-hydrogen) atoms. The first-order valence-electron chi connectivity index (χ1n) is 10.5. The predicted octanol–water partition coefficient (Wildman–Crippen LogP) is 4.81. The van der Waals surface area contributed by atoms with Gasteiger partial charge in [-0.15, -0.1) is 0 Å². The number of carbonyl (C=O) groups is 1. The minimum atomic E-state index is -0.758. The van der Waals surface area contributed by atoms with E-state index in [0.717, 1.165) is 17.7 Å². The van der Waals surface area contributed by atoms with Crippen molar-refractivity contribution >= 4 is 16.9 Å². The molecule has 5 rings (SSSR count). The highest BCUT2D eigenvalue weighted by molar-refractivity contribution is 6.07. The maximum atomic E-state index is 14.0. The highest BCUT2D eigenvalue weighted by Crippen LogP contribution is 2.27. The third-order valence-electron chi connectivity index (χ3n) is 5.47. The Balaban J connectivity index is 1.43. The second kappa shape index (κ2) is 8.51. The van der Waals surface area contributed by atoms with Crippen molar-refractivity contribution in [3.8, 4) is 22.6 Å². The molecule has 1 amide bonds. The molecular weight excluding hydrogens is 440 g/mol. The molecule has 7 nitrogen and oxygen atoms in total. The molecule has 170 valence electrons. The molecule has 0 spiro atoms. The summed E-state index contributed by atoms with van der Waals surface area (Å²) in [6.45, 7) is 1.87. The first-order valence-corrected chi connectivity index (χ1v) is 10.5. The van der Waals surface area contributed by atoms with Gasteiger partial charge in [0.05, 0.1) is 34.4 Å². The third kappa shape index (κ3) is 3.92. The zero-order chi connectivity index (χ0) is 23.8. The van der Waals surface area contributed by atoms with Gasteiger partial charge in [0.2, 0.25) is 0 Å². The average Bonchev–Trinajstić information content (AvgIpc) is 3.41. The van der Waals surface area contributed by atoms with Crippen LogP contribution in [0, 0.1) is 18.6 Å². The van der Waals surface area contributed by atoms with Crippen molar-refractivity contribution in [3.63, 3.8) is 0 Å². The Kier molecular flexibility index (Phi) is 5.37. The number of fused-ring (bicyclic) bond motifs is 1. The molecule has 9 heteroatoms. The molecular formula is C25H19F2N5O2. The Morgan fingerprint density at radius 1 is 1.09 bits per heavy atom. The van der Waals surface area contributed by atoms with Crippen LogP contribution in [0.2, 0.25) is 0 Å². The molecule has 3 heterocycles. The second-order valence-electron chi connectivity index (χ2n) is 7.82. The lowest BCUT2D eigenvalue weighted by molar-refractivity contribution is 0.0951. The number of halogens is 2. The summed E-state index contributed by atoms with van der Waals surface area (Å²) in [6.07, 6.45) is 0. The van der Waals surface area contributed by atoms with Crippen LogP contribution >= 0.6 is 0 Å². The molecule has 0 aliphatic heterocycles. The van der Waals surface area contributed by atoms with Crippen molar-refractivity contribution in [2.75, 3.05) is 0 Å². The van der Waals surface area contributed by atoms with Crippen LogP contribution in [-0.2, 0) is 13.6 Å². The minimum Gasteiger partial charge on any atom is -0.356 e. The zero-order valence-electron chi connectivity index (χ0n) is 18.3. The van der Waals surface area contributed by atoms with Crippen molar-refractivity contribution in [1.82, 2.24) is 25.2 Å². The minimum absolute atomic E-state index is 0.0505. The molecule has 3 aromatic heterocycles. The summed E-state index contributed by atoms with van der Waals surface area (Å²) in [6, 6.07) is 16.0. The molecule has 2 aromatic carbocycles. The number of hydrogen-bond acceptors (Lipinski definition) is 5. The number of nitrogens with zero attached hydrogens (tertiary/aromatic N) is 4. The number of amides is 1. The first kappa shape index (κ1) is 21.4. The molecule has 0 saturated heterocycles. The third-order valence-corrected chi connectivity index (χ3v) is 5.47. The lowest BCUT2D eigenvalue weighted by Gasteiger charge is -2.09. The summed E-state index contributed by atoms with van der Waals surface area (Å²) < 4.78 is 34.0. The summed E-state index contributed by atoms with van der Waals surface area (Å²) in [7, 11) is 1.78. The number of aryl methyl sites for hydroxylation is 2. The molecule has 0 saturated carbocycles. The van der Waals surface area contributed by atoms with Crippen LogP contribution in [0.1, 0.15) is 21.7 Å². The van der Waals surface area contributed by atoms with E-state index in [2.05, 4.69) is 15.6 Å². The van der Waals surface area contributed by atoms with Gasteiger partial charge in [0.15, 0.2) is 11.4 Å². The molecule has 1 N–H and O–H groups in total. The van der Waals surface area contributed by atoms with Gasteiger partial charge in [-0.25, -0.2) is 13.8 Å². The Morgan fingerprint density at radius 3 is 2.65 bits per heavy atom. The lowest BCUT2D eigenvalue weighted by atomic mass is 10.0. The van der Waals surface area contributed by atoms with Gasteiger partial charge in [-0.05, 0) is 25.1 Å². The fraction of sp³-hybridized carbons (Fsp3) is 0.120. The predicted molar refractivity (Wildman–Crippen MR) is 122 cm³/mol. The van der Waals surface area contributed by atoms with Crippen LogP contribution in [0.3, 0.4) is 0 Å². The first-order chi connectivity index (χ1) is 16.4. The van der Waals surface area contributed by atoms with Gasteiger partial charge >= 0.3 is 0 Å². The maximum absolute atomic E-state index is 14.0. The van der Waals surface area contributed by atoms with Crippen LogP contribution < -0.4 is 5.32 Å². The number of rotatable bonds is 5. The van der Waals surface area contributed by atoms with E-state index in [1.807, 2.05) is 37.3 Å². The maximum Gasteiger partial charge on any atom is 0.252 e. The van der Waals surface area contributed by atoms with Gasteiger partial charge in [-0.1, -0.05) is 35.5 Å². The topological polar surface area (TPSA) is 85.8 Å². The van der Waals surface area contributed by atoms with E-state index >= 15 is 0 Å². The molecule has 0 fully saturated rings. The van der Waals surface area contributed by atoms with Gasteiger partial charge < -0.3 is 9.84 Å². The van der Waals surface area contributed by atoms with Crippen LogP contribution in [0.25, 0.3) is 33.6 Å². The smallest absolute Gasteiger partial charge is 0.252 e. The summed E-state index contributed by atoms with van der Waals surface area (Å²) in [5.74, 6) is -1.63. The number of hydrogen-bond donors (Lipinski definition) is 1. The molecule has 0 aliphatic rings. The van der Waals surface area contributed by atoms with Crippen LogP contribution in [0.5, 0.6) is 0 Å². The largest absolute Gasteiger partial charge is 0.356 e. The average molecular weight is 459 g/mol. The van der Waals surface area contributed by atoms with Crippen molar-refractivity contribution in [1.29, 1.82) is 0 Å². The van der Waals surface area contributed by atoms with Gasteiger partial charge in [0.25, 0.3) is 5.91 Å². The zero-order valence-corrected chi connectivity index (χ0v) is 18.3. The van der Waals surface area contributed by atoms with E-state index in [-0.39, 0.29) is 23.8 Å². The molecule has 0 atom stereocenters. The van der Waals surface area contributed by atoms with Gasteiger partial charge in [0.1, 0.15) is 17.3 Å². The molecule has 0 aliphatic carbocycles. The van der Waals surface area contributed by atoms with Gasteiger partial charge in [-0.3, -0.25) is 9.48 Å². The fourth-order valence-electron chi connectivity index (χ4n) is 3.86. The van der Waals surface area contributed by atoms with Crippen molar-refractivity contribution < 1.29 is 18.1 Å². The summed E-state index contributed by atoms with van der Waals surface area (Å²) >= 11 is 0. The molecule has 5 aromatic rings. The standard InChI is InChI=1S/C25H19F2N5O2/c1-14-23-19(12-21(15-6-4-3-5-7-15)29-24(23)32(2)30-14)25(33)28-13-17-11-22(34-31-17)18-9-8-16(26)10-20(18)27/h3-12H,13H2,1-2H3,(H,28,33). The van der Waals surface area contributed by atoms with E-state index in [0.29, 0.717) is 33.7 Å². The fourth-order valence-corrected chi connectivity index (χ4v) is 3.86. The molecule has 0 radical (unpaired) electrons.